The summed E-state index contributed by atoms with van der Waals surface area (Å²) in [6.07, 6.45) is -9.40. The summed E-state index contributed by atoms with van der Waals surface area (Å²) < 4.78 is 78.7. The molecule has 0 radical (unpaired) electrons. The highest BCUT2D eigenvalue weighted by atomic mass is 32.2. The summed E-state index contributed by atoms with van der Waals surface area (Å²) >= 11 is 0.957. The number of carbonyl (C=O) groups is 1. The van der Waals surface area contributed by atoms with Crippen LogP contribution in [0.4, 0.5) is 36.8 Å². The fourth-order valence-electron chi connectivity index (χ4n) is 2.68. The maximum Gasteiger partial charge on any atom is 0.573 e. The first-order valence-corrected chi connectivity index (χ1v) is 9.73. The Morgan fingerprint density at radius 2 is 1.61 bits per heavy atom. The van der Waals surface area contributed by atoms with Crippen LogP contribution in [0.2, 0.25) is 0 Å². The monoisotopic (exact) mass is 463 g/mol. The summed E-state index contributed by atoms with van der Waals surface area (Å²) in [5.41, 5.74) is 0.937. The van der Waals surface area contributed by atoms with Gasteiger partial charge in [0.2, 0.25) is 0 Å². The number of thioether (sulfide) groups is 1. The second-order valence-electron chi connectivity index (χ2n) is 6.31. The van der Waals surface area contributed by atoms with Crippen molar-refractivity contribution in [1.82, 2.24) is 4.90 Å². The summed E-state index contributed by atoms with van der Waals surface area (Å²) in [4.78, 5) is 19.0. The van der Waals surface area contributed by atoms with E-state index in [2.05, 4.69) is 9.73 Å². The van der Waals surface area contributed by atoms with E-state index in [4.69, 9.17) is 0 Å². The zero-order chi connectivity index (χ0) is 22.6. The fourth-order valence-corrected chi connectivity index (χ4v) is 3.64. The van der Waals surface area contributed by atoms with Crippen LogP contribution in [0.1, 0.15) is 5.56 Å². The number of amidine groups is 1. The Balaban J connectivity index is 1.84. The number of hydrogen-bond acceptors (Lipinski definition) is 4. The quantitative estimate of drug-likeness (QED) is 0.540. The van der Waals surface area contributed by atoms with Gasteiger partial charge < -0.3 is 4.74 Å². The normalized spacial score (nSPS) is 16.7. The van der Waals surface area contributed by atoms with E-state index in [0.717, 1.165) is 28.8 Å². The average Bonchev–Trinajstić information content (AvgIpc) is 2.69. The summed E-state index contributed by atoms with van der Waals surface area (Å²) in [6, 6.07) is 12.6. The van der Waals surface area contributed by atoms with Crippen LogP contribution in [-0.2, 0) is 6.54 Å². The number of benzene rings is 2. The molecule has 12 heteroatoms. The van der Waals surface area contributed by atoms with Crippen LogP contribution in [0.3, 0.4) is 0 Å². The molecule has 2 aromatic carbocycles. The number of hydrogen-bond donors (Lipinski definition) is 0. The molecular weight excluding hydrogens is 448 g/mol. The third-order valence-corrected chi connectivity index (χ3v) is 4.97. The Morgan fingerprint density at radius 3 is 2.19 bits per heavy atom. The van der Waals surface area contributed by atoms with Crippen LogP contribution < -0.4 is 9.64 Å². The predicted octanol–water partition coefficient (Wildman–Crippen LogP) is 5.64. The number of rotatable bonds is 5. The Labute approximate surface area is 177 Å². The van der Waals surface area contributed by atoms with Gasteiger partial charge in [0.05, 0.1) is 12.4 Å². The molecule has 1 fully saturated rings. The summed E-state index contributed by atoms with van der Waals surface area (Å²) in [6.45, 7) is -1.64. The number of anilines is 1. The summed E-state index contributed by atoms with van der Waals surface area (Å²) in [7, 11) is 0. The fraction of sp³-hybridized carbons (Fsp3) is 0.263. The average molecular weight is 463 g/mol. The Kier molecular flexibility index (Phi) is 6.68. The first-order valence-electron chi connectivity index (χ1n) is 8.74. The lowest BCUT2D eigenvalue weighted by Crippen LogP contribution is -2.50. The number of carbonyl (C=O) groups excluding carboxylic acids is 1. The molecule has 1 aliphatic heterocycles. The molecule has 0 bridgehead atoms. The van der Waals surface area contributed by atoms with Crippen molar-refractivity contribution >= 4 is 28.6 Å². The molecule has 1 aliphatic rings. The van der Waals surface area contributed by atoms with Gasteiger partial charge in [0.25, 0.3) is 0 Å². The molecule has 0 aromatic heterocycles. The van der Waals surface area contributed by atoms with Crippen LogP contribution >= 0.6 is 11.8 Å². The summed E-state index contributed by atoms with van der Waals surface area (Å²) in [5, 5.41) is -0.120. The van der Waals surface area contributed by atoms with Gasteiger partial charge in [-0.05, 0) is 29.8 Å². The number of halogens is 6. The van der Waals surface area contributed by atoms with Gasteiger partial charge in [0, 0.05) is 5.69 Å². The van der Waals surface area contributed by atoms with E-state index < -0.39 is 30.9 Å². The minimum absolute atomic E-state index is 0.0639. The van der Waals surface area contributed by atoms with Crippen molar-refractivity contribution in [2.24, 2.45) is 4.99 Å². The third kappa shape index (κ3) is 6.54. The van der Waals surface area contributed by atoms with E-state index in [1.54, 1.807) is 30.3 Å². The van der Waals surface area contributed by atoms with Gasteiger partial charge in [0.1, 0.15) is 12.3 Å². The first kappa shape index (κ1) is 22.8. The van der Waals surface area contributed by atoms with Crippen LogP contribution in [0.25, 0.3) is 0 Å². The molecule has 0 N–H and O–H groups in total. The highest BCUT2D eigenvalue weighted by Crippen LogP contribution is 2.29. The SMILES string of the molecule is O=C1N(Cc2ccc(OC(F)(F)F)cc2)/C(=N\CC(F)(F)F)SCN1c1ccccc1. The van der Waals surface area contributed by atoms with Crippen molar-refractivity contribution in [2.45, 2.75) is 19.1 Å². The van der Waals surface area contributed by atoms with E-state index in [1.807, 2.05) is 0 Å². The van der Waals surface area contributed by atoms with Crippen LogP contribution in [0.15, 0.2) is 59.6 Å². The van der Waals surface area contributed by atoms with Gasteiger partial charge in [-0.3, -0.25) is 14.8 Å². The molecule has 1 saturated heterocycles. The molecule has 0 atom stereocenters. The number of alkyl halides is 6. The van der Waals surface area contributed by atoms with E-state index >= 15 is 0 Å². The number of para-hydroxylation sites is 1. The van der Waals surface area contributed by atoms with E-state index in [1.165, 1.54) is 17.0 Å². The summed E-state index contributed by atoms with van der Waals surface area (Å²) in [5.74, 6) is -0.388. The molecule has 2 aromatic rings. The molecule has 31 heavy (non-hydrogen) atoms. The second-order valence-corrected chi connectivity index (χ2v) is 7.22. The van der Waals surface area contributed by atoms with Crippen molar-refractivity contribution < 1.29 is 35.9 Å². The topological polar surface area (TPSA) is 45.1 Å². The van der Waals surface area contributed by atoms with Gasteiger partial charge in [-0.15, -0.1) is 13.2 Å². The molecule has 0 aliphatic carbocycles. The Hall–Kier alpha value is -2.89. The van der Waals surface area contributed by atoms with Gasteiger partial charge in [0.15, 0.2) is 5.17 Å². The standard InChI is InChI=1S/C19H15F6N3O2S/c20-18(21,22)11-26-16-27(10-13-6-8-15(9-7-13)30-19(23,24)25)17(29)28(12-31-16)14-4-2-1-3-5-14/h1-9H,10-12H2/b26-16+. The number of urea groups is 1. The van der Waals surface area contributed by atoms with Gasteiger partial charge in [-0.25, -0.2) is 4.79 Å². The molecule has 166 valence electrons. The minimum atomic E-state index is -4.85. The van der Waals surface area contributed by atoms with Gasteiger partial charge in [-0.2, -0.15) is 13.2 Å². The van der Waals surface area contributed by atoms with E-state index in [0.29, 0.717) is 11.3 Å². The number of nitrogens with zero attached hydrogens (tertiary/aromatic N) is 3. The van der Waals surface area contributed by atoms with Crippen LogP contribution in [-0.4, -0.2) is 41.1 Å². The lowest BCUT2D eigenvalue weighted by Gasteiger charge is -2.36. The molecule has 1 heterocycles. The minimum Gasteiger partial charge on any atom is -0.406 e. The molecule has 0 unspecified atom stereocenters. The highest BCUT2D eigenvalue weighted by molar-refractivity contribution is 8.14. The highest BCUT2D eigenvalue weighted by Gasteiger charge is 2.35. The van der Waals surface area contributed by atoms with Crippen molar-refractivity contribution in [3.05, 3.63) is 60.2 Å². The number of aliphatic imine (C=N–C) groups is 1. The Morgan fingerprint density at radius 1 is 0.968 bits per heavy atom. The zero-order valence-electron chi connectivity index (χ0n) is 15.7. The van der Waals surface area contributed by atoms with Crippen LogP contribution in [0, 0.1) is 0 Å². The third-order valence-electron chi connectivity index (χ3n) is 3.97. The van der Waals surface area contributed by atoms with Crippen molar-refractivity contribution in [3.63, 3.8) is 0 Å². The largest absolute Gasteiger partial charge is 0.573 e. The molecule has 3 rings (SSSR count). The lowest BCUT2D eigenvalue weighted by molar-refractivity contribution is -0.274. The van der Waals surface area contributed by atoms with E-state index in [9.17, 15) is 31.1 Å². The number of ether oxygens (including phenoxy) is 1. The van der Waals surface area contributed by atoms with Crippen LogP contribution in [0.5, 0.6) is 5.75 Å². The Bertz CT molecular complexity index is 932. The maximum absolute atomic E-state index is 13.0. The van der Waals surface area contributed by atoms with Crippen molar-refractivity contribution in [1.29, 1.82) is 0 Å². The second kappa shape index (κ2) is 9.08. The molecule has 0 saturated carbocycles. The van der Waals surface area contributed by atoms with Crippen molar-refractivity contribution in [2.75, 3.05) is 17.3 Å². The smallest absolute Gasteiger partial charge is 0.406 e. The first-order chi connectivity index (χ1) is 14.5. The molecule has 2 amide bonds. The van der Waals surface area contributed by atoms with Crippen molar-refractivity contribution in [3.8, 4) is 5.75 Å². The van der Waals surface area contributed by atoms with Gasteiger partial charge >= 0.3 is 18.6 Å². The molecule has 0 spiro atoms. The molecular formula is C19H15F6N3O2S. The molecule has 5 nitrogen and oxygen atoms in total. The lowest BCUT2D eigenvalue weighted by atomic mass is 10.2. The number of amides is 2. The van der Waals surface area contributed by atoms with E-state index in [-0.39, 0.29) is 17.6 Å². The maximum atomic E-state index is 13.0. The van der Waals surface area contributed by atoms with Gasteiger partial charge in [-0.1, -0.05) is 42.1 Å². The zero-order valence-corrected chi connectivity index (χ0v) is 16.5. The predicted molar refractivity (Wildman–Crippen MR) is 104 cm³/mol.